The molecule has 102 valence electrons. The van der Waals surface area contributed by atoms with Crippen molar-refractivity contribution >= 4 is 11.5 Å². The van der Waals surface area contributed by atoms with E-state index in [0.717, 1.165) is 12.8 Å². The van der Waals surface area contributed by atoms with E-state index in [-0.39, 0.29) is 17.2 Å². The minimum Gasteiger partial charge on any atom is -0.487 e. The Hall–Kier alpha value is -1.91. The number of ether oxygens (including phenoxy) is 1. The molecule has 0 N–H and O–H groups in total. The number of carbonyl (C=O) groups excluding carboxylic acids is 1. The van der Waals surface area contributed by atoms with Gasteiger partial charge in [-0.3, -0.25) is 14.9 Å². The minimum absolute atomic E-state index is 0.134. The monoisotopic (exact) mass is 263 g/mol. The number of hydrogen-bond donors (Lipinski definition) is 0. The molecule has 0 spiro atoms. The SMILES string of the molecule is CC(=O)c1ccc(OCC2CCCC2)c([N+](=O)[O-])c1. The van der Waals surface area contributed by atoms with E-state index in [9.17, 15) is 14.9 Å². The van der Waals surface area contributed by atoms with E-state index < -0.39 is 4.92 Å². The molecule has 1 aromatic carbocycles. The minimum atomic E-state index is -0.504. The number of ketones is 1. The fourth-order valence-electron chi connectivity index (χ4n) is 2.39. The van der Waals surface area contributed by atoms with Crippen molar-refractivity contribution in [2.45, 2.75) is 32.6 Å². The maximum atomic E-state index is 11.2. The van der Waals surface area contributed by atoms with Crippen molar-refractivity contribution in [2.24, 2.45) is 5.92 Å². The lowest BCUT2D eigenvalue weighted by molar-refractivity contribution is -0.385. The maximum Gasteiger partial charge on any atom is 0.311 e. The van der Waals surface area contributed by atoms with Gasteiger partial charge in [0, 0.05) is 11.6 Å². The number of carbonyl (C=O) groups is 1. The number of hydrogen-bond acceptors (Lipinski definition) is 4. The third kappa shape index (κ3) is 3.30. The summed E-state index contributed by atoms with van der Waals surface area (Å²) in [6, 6.07) is 4.37. The summed E-state index contributed by atoms with van der Waals surface area (Å²) in [6.45, 7) is 1.90. The summed E-state index contributed by atoms with van der Waals surface area (Å²) in [4.78, 5) is 21.7. The summed E-state index contributed by atoms with van der Waals surface area (Å²) in [5.74, 6) is 0.555. The Bertz CT molecular complexity index is 492. The van der Waals surface area contributed by atoms with E-state index in [4.69, 9.17) is 4.74 Å². The van der Waals surface area contributed by atoms with Gasteiger partial charge in [0.15, 0.2) is 11.5 Å². The van der Waals surface area contributed by atoms with Gasteiger partial charge in [-0.2, -0.15) is 0 Å². The number of nitrogens with zero attached hydrogens (tertiary/aromatic N) is 1. The van der Waals surface area contributed by atoms with Crippen LogP contribution in [0.25, 0.3) is 0 Å². The maximum absolute atomic E-state index is 11.2. The van der Waals surface area contributed by atoms with Crippen molar-refractivity contribution in [1.29, 1.82) is 0 Å². The topological polar surface area (TPSA) is 69.4 Å². The van der Waals surface area contributed by atoms with E-state index in [1.54, 1.807) is 6.07 Å². The zero-order valence-electron chi connectivity index (χ0n) is 10.9. The van der Waals surface area contributed by atoms with Crippen LogP contribution in [0.5, 0.6) is 5.75 Å². The summed E-state index contributed by atoms with van der Waals surface area (Å²) >= 11 is 0. The molecular weight excluding hydrogens is 246 g/mol. The summed E-state index contributed by atoms with van der Waals surface area (Å²) in [6.07, 6.45) is 4.66. The molecule has 1 aromatic rings. The Morgan fingerprint density at radius 2 is 2.11 bits per heavy atom. The smallest absolute Gasteiger partial charge is 0.311 e. The van der Waals surface area contributed by atoms with Crippen molar-refractivity contribution in [3.05, 3.63) is 33.9 Å². The van der Waals surface area contributed by atoms with Crippen molar-refractivity contribution in [3.63, 3.8) is 0 Å². The second kappa shape index (κ2) is 5.82. The van der Waals surface area contributed by atoms with Crippen molar-refractivity contribution in [1.82, 2.24) is 0 Å². The molecular formula is C14H17NO4. The molecule has 1 saturated carbocycles. The van der Waals surface area contributed by atoms with Gasteiger partial charge in [0.1, 0.15) is 0 Å². The molecule has 0 radical (unpaired) electrons. The fourth-order valence-corrected chi connectivity index (χ4v) is 2.39. The van der Waals surface area contributed by atoms with Gasteiger partial charge < -0.3 is 4.74 Å². The van der Waals surface area contributed by atoms with Crippen molar-refractivity contribution in [2.75, 3.05) is 6.61 Å². The van der Waals surface area contributed by atoms with Crippen LogP contribution in [-0.4, -0.2) is 17.3 Å². The van der Waals surface area contributed by atoms with Crippen molar-refractivity contribution < 1.29 is 14.5 Å². The van der Waals surface area contributed by atoms with E-state index >= 15 is 0 Å². The predicted octanol–water partition coefficient (Wildman–Crippen LogP) is 3.37. The van der Waals surface area contributed by atoms with Crippen LogP contribution in [0.2, 0.25) is 0 Å². The number of Topliss-reactive ketones (excluding diaryl/α,β-unsaturated/α-hetero) is 1. The molecule has 0 saturated heterocycles. The molecule has 0 heterocycles. The summed E-state index contributed by atoms with van der Waals surface area (Å²) < 4.78 is 5.56. The van der Waals surface area contributed by atoms with Gasteiger partial charge in [0.05, 0.1) is 11.5 Å². The van der Waals surface area contributed by atoms with Gasteiger partial charge in [-0.1, -0.05) is 12.8 Å². The highest BCUT2D eigenvalue weighted by Crippen LogP contribution is 2.31. The van der Waals surface area contributed by atoms with Crippen LogP contribution < -0.4 is 4.74 Å². The highest BCUT2D eigenvalue weighted by atomic mass is 16.6. The second-order valence-electron chi connectivity index (χ2n) is 4.96. The van der Waals surface area contributed by atoms with Crippen LogP contribution in [0.1, 0.15) is 43.0 Å². The molecule has 0 unspecified atom stereocenters. The number of nitro benzene ring substituents is 1. The van der Waals surface area contributed by atoms with Crippen LogP contribution in [0, 0.1) is 16.0 Å². The molecule has 5 heteroatoms. The van der Waals surface area contributed by atoms with Gasteiger partial charge >= 0.3 is 5.69 Å². The molecule has 1 aliphatic rings. The molecule has 1 fully saturated rings. The van der Waals surface area contributed by atoms with Crippen LogP contribution in [0.4, 0.5) is 5.69 Å². The first-order chi connectivity index (χ1) is 9.08. The molecule has 19 heavy (non-hydrogen) atoms. The Balaban J connectivity index is 2.14. The quantitative estimate of drug-likeness (QED) is 0.464. The first kappa shape index (κ1) is 13.5. The predicted molar refractivity (Wildman–Crippen MR) is 70.6 cm³/mol. The lowest BCUT2D eigenvalue weighted by Crippen LogP contribution is -2.09. The Morgan fingerprint density at radius 3 is 2.68 bits per heavy atom. The Morgan fingerprint density at radius 1 is 1.42 bits per heavy atom. The normalized spacial score (nSPS) is 15.4. The average Bonchev–Trinajstić information content (AvgIpc) is 2.89. The number of rotatable bonds is 5. The third-order valence-corrected chi connectivity index (χ3v) is 3.51. The number of nitro groups is 1. The van der Waals surface area contributed by atoms with Gasteiger partial charge in [-0.05, 0) is 37.8 Å². The largest absolute Gasteiger partial charge is 0.487 e. The average molecular weight is 263 g/mol. The van der Waals surface area contributed by atoms with E-state index in [2.05, 4.69) is 0 Å². The van der Waals surface area contributed by atoms with Crippen LogP contribution >= 0.6 is 0 Å². The zero-order valence-corrected chi connectivity index (χ0v) is 10.9. The zero-order chi connectivity index (χ0) is 13.8. The third-order valence-electron chi connectivity index (χ3n) is 3.51. The van der Waals surface area contributed by atoms with E-state index in [1.165, 1.54) is 31.9 Å². The highest BCUT2D eigenvalue weighted by Gasteiger charge is 2.20. The summed E-state index contributed by atoms with van der Waals surface area (Å²) in [7, 11) is 0. The van der Waals surface area contributed by atoms with Crippen LogP contribution in [0.3, 0.4) is 0 Å². The standard InChI is InChI=1S/C14H17NO4/c1-10(16)12-6-7-14(13(8-12)15(17)18)19-9-11-4-2-3-5-11/h6-8,11H,2-5,9H2,1H3. The first-order valence-electron chi connectivity index (χ1n) is 6.50. The lowest BCUT2D eigenvalue weighted by Gasteiger charge is -2.11. The molecule has 1 aliphatic carbocycles. The fraction of sp³-hybridized carbons (Fsp3) is 0.500. The van der Waals surface area contributed by atoms with Crippen LogP contribution in [-0.2, 0) is 0 Å². The molecule has 2 rings (SSSR count). The van der Waals surface area contributed by atoms with Gasteiger partial charge in [-0.25, -0.2) is 0 Å². The van der Waals surface area contributed by atoms with Gasteiger partial charge in [-0.15, -0.1) is 0 Å². The summed E-state index contributed by atoms with van der Waals surface area (Å²) in [5, 5.41) is 11.0. The molecule has 0 bridgehead atoms. The van der Waals surface area contributed by atoms with E-state index in [1.807, 2.05) is 0 Å². The van der Waals surface area contributed by atoms with Gasteiger partial charge in [0.25, 0.3) is 0 Å². The highest BCUT2D eigenvalue weighted by molar-refractivity contribution is 5.95. The molecule has 0 amide bonds. The first-order valence-corrected chi connectivity index (χ1v) is 6.50. The Labute approximate surface area is 111 Å². The summed E-state index contributed by atoms with van der Waals surface area (Å²) in [5.41, 5.74) is 0.200. The van der Waals surface area contributed by atoms with Crippen molar-refractivity contribution in [3.8, 4) is 5.75 Å². The number of benzene rings is 1. The molecule has 0 aromatic heterocycles. The molecule has 0 atom stereocenters. The molecule has 5 nitrogen and oxygen atoms in total. The van der Waals surface area contributed by atoms with Gasteiger partial charge in [0.2, 0.25) is 0 Å². The lowest BCUT2D eigenvalue weighted by atomic mass is 10.1. The van der Waals surface area contributed by atoms with Crippen LogP contribution in [0.15, 0.2) is 18.2 Å². The Kier molecular flexibility index (Phi) is 4.14. The van der Waals surface area contributed by atoms with E-state index in [0.29, 0.717) is 18.1 Å². The second-order valence-corrected chi connectivity index (χ2v) is 4.96. The molecule has 0 aliphatic heterocycles.